The van der Waals surface area contributed by atoms with Gasteiger partial charge in [-0.15, -0.1) is 10.2 Å². The summed E-state index contributed by atoms with van der Waals surface area (Å²) < 4.78 is 17.2. The van der Waals surface area contributed by atoms with Crippen LogP contribution in [0.25, 0.3) is 11.5 Å². The maximum absolute atomic E-state index is 12.6. The number of hydrogen-bond acceptors (Lipinski definition) is 7. The Bertz CT molecular complexity index is 1030. The van der Waals surface area contributed by atoms with Crippen molar-refractivity contribution in [3.8, 4) is 23.0 Å². The number of nitrogens with one attached hydrogen (secondary N) is 1. The number of ether oxygens (including phenoxy) is 2. The molecular formula is C23H26N4O4. The topological polar surface area (TPSA) is 89.7 Å². The molecule has 2 aromatic carbocycles. The van der Waals surface area contributed by atoms with Gasteiger partial charge in [-0.2, -0.15) is 0 Å². The Morgan fingerprint density at radius 3 is 2.74 bits per heavy atom. The second-order valence-electron chi connectivity index (χ2n) is 7.37. The molecule has 0 saturated heterocycles. The summed E-state index contributed by atoms with van der Waals surface area (Å²) in [5, 5.41) is 11.4. The van der Waals surface area contributed by atoms with Crippen LogP contribution < -0.4 is 19.7 Å². The first-order valence-corrected chi connectivity index (χ1v) is 10.4. The Hall–Kier alpha value is -3.55. The molecule has 3 aromatic rings. The van der Waals surface area contributed by atoms with E-state index in [-0.39, 0.29) is 11.9 Å². The molecule has 0 radical (unpaired) electrons. The molecule has 0 unspecified atom stereocenters. The number of rotatable bonds is 7. The van der Waals surface area contributed by atoms with Crippen LogP contribution in [0, 0.1) is 0 Å². The van der Waals surface area contributed by atoms with Gasteiger partial charge in [0.1, 0.15) is 17.5 Å². The molecule has 2 atom stereocenters. The van der Waals surface area contributed by atoms with Crippen molar-refractivity contribution in [1.82, 2.24) is 15.5 Å². The fourth-order valence-corrected chi connectivity index (χ4v) is 3.51. The van der Waals surface area contributed by atoms with Gasteiger partial charge in [0.25, 0.3) is 5.91 Å². The van der Waals surface area contributed by atoms with Crippen LogP contribution in [0.1, 0.15) is 32.2 Å². The van der Waals surface area contributed by atoms with Crippen LogP contribution in [0.5, 0.6) is 11.5 Å². The third-order valence-corrected chi connectivity index (χ3v) is 5.25. The van der Waals surface area contributed by atoms with Gasteiger partial charge in [-0.25, -0.2) is 0 Å². The van der Waals surface area contributed by atoms with Gasteiger partial charge in [-0.3, -0.25) is 4.79 Å². The molecule has 0 saturated carbocycles. The highest BCUT2D eigenvalue weighted by Gasteiger charge is 2.34. The molecule has 162 valence electrons. The molecule has 1 amide bonds. The lowest BCUT2D eigenvalue weighted by Gasteiger charge is -2.38. The van der Waals surface area contributed by atoms with Crippen molar-refractivity contribution in [2.75, 3.05) is 25.1 Å². The normalized spacial score (nSPS) is 16.2. The first kappa shape index (κ1) is 20.7. The number of methoxy groups -OCH3 is 1. The fraction of sp³-hybridized carbons (Fsp3) is 0.348. The first-order chi connectivity index (χ1) is 15.1. The van der Waals surface area contributed by atoms with E-state index >= 15 is 0 Å². The molecule has 8 heteroatoms. The number of aromatic nitrogens is 2. The van der Waals surface area contributed by atoms with Gasteiger partial charge < -0.3 is 24.1 Å². The fourth-order valence-electron chi connectivity index (χ4n) is 3.51. The molecule has 0 bridgehead atoms. The van der Waals surface area contributed by atoms with E-state index in [0.717, 1.165) is 23.4 Å². The van der Waals surface area contributed by atoms with E-state index in [1.165, 1.54) is 0 Å². The minimum absolute atomic E-state index is 0.127. The second kappa shape index (κ2) is 9.07. The Morgan fingerprint density at radius 1 is 1.23 bits per heavy atom. The number of hydrogen-bond donors (Lipinski definition) is 1. The molecule has 4 rings (SSSR count). The first-order valence-electron chi connectivity index (χ1n) is 10.4. The molecule has 1 aliphatic rings. The summed E-state index contributed by atoms with van der Waals surface area (Å²) in [6.07, 6.45) is 0.249. The zero-order valence-electron chi connectivity index (χ0n) is 17.9. The molecule has 31 heavy (non-hydrogen) atoms. The molecule has 1 aliphatic heterocycles. The SMILES string of the molecule is CCCNC(=O)[C@H]1CN([C@@H](C)c2nnc(-c3ccc(OC)cc3)o2)c2ccccc2O1. The summed E-state index contributed by atoms with van der Waals surface area (Å²) in [5.74, 6) is 2.19. The van der Waals surface area contributed by atoms with Crippen LogP contribution in [-0.2, 0) is 4.79 Å². The highest BCUT2D eigenvalue weighted by Crippen LogP contribution is 2.38. The van der Waals surface area contributed by atoms with E-state index in [9.17, 15) is 4.79 Å². The van der Waals surface area contributed by atoms with Gasteiger partial charge in [0.2, 0.25) is 11.8 Å². The lowest BCUT2D eigenvalue weighted by atomic mass is 10.1. The van der Waals surface area contributed by atoms with E-state index in [1.807, 2.05) is 62.4 Å². The number of amides is 1. The minimum atomic E-state index is -0.618. The largest absolute Gasteiger partial charge is 0.497 e. The maximum atomic E-state index is 12.6. The number of para-hydroxylation sites is 2. The Balaban J connectivity index is 1.58. The van der Waals surface area contributed by atoms with Crippen molar-refractivity contribution in [2.24, 2.45) is 0 Å². The van der Waals surface area contributed by atoms with Crippen molar-refractivity contribution in [3.63, 3.8) is 0 Å². The summed E-state index contributed by atoms with van der Waals surface area (Å²) >= 11 is 0. The van der Waals surface area contributed by atoms with Gasteiger partial charge in [-0.05, 0) is 49.7 Å². The van der Waals surface area contributed by atoms with Crippen LogP contribution >= 0.6 is 0 Å². The predicted molar refractivity (Wildman–Crippen MR) is 116 cm³/mol. The molecule has 8 nitrogen and oxygen atoms in total. The monoisotopic (exact) mass is 422 g/mol. The lowest BCUT2D eigenvalue weighted by Crippen LogP contribution is -2.49. The van der Waals surface area contributed by atoms with Crippen molar-refractivity contribution in [2.45, 2.75) is 32.4 Å². The van der Waals surface area contributed by atoms with Crippen molar-refractivity contribution >= 4 is 11.6 Å². The number of benzene rings is 2. The zero-order valence-corrected chi connectivity index (χ0v) is 17.9. The van der Waals surface area contributed by atoms with Crippen molar-refractivity contribution in [1.29, 1.82) is 0 Å². The summed E-state index contributed by atoms with van der Waals surface area (Å²) in [6.45, 7) is 4.99. The van der Waals surface area contributed by atoms with Crippen LogP contribution in [0.2, 0.25) is 0 Å². The number of carbonyl (C=O) groups excluding carboxylic acids is 1. The highest BCUT2D eigenvalue weighted by atomic mass is 16.5. The maximum Gasteiger partial charge on any atom is 0.262 e. The standard InChI is InChI=1S/C23H26N4O4/c1-4-13-24-21(28)20-14-27(18-7-5-6-8-19(18)30-20)15(2)22-25-26-23(31-22)16-9-11-17(29-3)12-10-16/h5-12,15,20H,4,13-14H2,1-3H3,(H,24,28)/t15-,20+/m0/s1. The third-order valence-electron chi connectivity index (χ3n) is 5.25. The van der Waals surface area contributed by atoms with Gasteiger partial charge in [0, 0.05) is 12.1 Å². The van der Waals surface area contributed by atoms with Crippen LogP contribution in [-0.4, -0.2) is 42.4 Å². The lowest BCUT2D eigenvalue weighted by molar-refractivity contribution is -0.127. The molecule has 0 fully saturated rings. The summed E-state index contributed by atoms with van der Waals surface area (Å²) in [4.78, 5) is 14.7. The number of anilines is 1. The molecule has 0 aliphatic carbocycles. The smallest absolute Gasteiger partial charge is 0.262 e. The third kappa shape index (κ3) is 4.33. The Morgan fingerprint density at radius 2 is 2.00 bits per heavy atom. The van der Waals surface area contributed by atoms with E-state index in [1.54, 1.807) is 7.11 Å². The average molecular weight is 422 g/mol. The Labute approximate surface area is 181 Å². The van der Waals surface area contributed by atoms with E-state index in [2.05, 4.69) is 20.4 Å². The highest BCUT2D eigenvalue weighted by molar-refractivity contribution is 5.83. The molecule has 1 aromatic heterocycles. The summed E-state index contributed by atoms with van der Waals surface area (Å²) in [7, 11) is 1.62. The zero-order chi connectivity index (χ0) is 21.8. The van der Waals surface area contributed by atoms with E-state index < -0.39 is 6.10 Å². The van der Waals surface area contributed by atoms with Crippen molar-refractivity contribution in [3.05, 3.63) is 54.4 Å². The van der Waals surface area contributed by atoms with Gasteiger partial charge >= 0.3 is 0 Å². The van der Waals surface area contributed by atoms with Crippen LogP contribution in [0.15, 0.2) is 52.9 Å². The molecule has 0 spiro atoms. The minimum Gasteiger partial charge on any atom is -0.497 e. The molecule has 2 heterocycles. The number of nitrogens with zero attached hydrogens (tertiary/aromatic N) is 3. The predicted octanol–water partition coefficient (Wildman–Crippen LogP) is 3.60. The molecule has 1 N–H and O–H groups in total. The number of fused-ring (bicyclic) bond motifs is 1. The molecular weight excluding hydrogens is 396 g/mol. The average Bonchev–Trinajstić information content (AvgIpc) is 3.31. The Kier molecular flexibility index (Phi) is 6.06. The van der Waals surface area contributed by atoms with Crippen molar-refractivity contribution < 1.29 is 18.7 Å². The van der Waals surface area contributed by atoms with Gasteiger partial charge in [0.15, 0.2) is 6.10 Å². The quantitative estimate of drug-likeness (QED) is 0.622. The second-order valence-corrected chi connectivity index (χ2v) is 7.37. The van der Waals surface area contributed by atoms with E-state index in [0.29, 0.717) is 30.6 Å². The summed E-state index contributed by atoms with van der Waals surface area (Å²) in [5.41, 5.74) is 1.70. The van der Waals surface area contributed by atoms with Crippen LogP contribution in [0.3, 0.4) is 0 Å². The van der Waals surface area contributed by atoms with Gasteiger partial charge in [-0.1, -0.05) is 19.1 Å². The van der Waals surface area contributed by atoms with E-state index in [4.69, 9.17) is 13.9 Å². The summed E-state index contributed by atoms with van der Waals surface area (Å²) in [6, 6.07) is 14.9. The van der Waals surface area contributed by atoms with Crippen LogP contribution in [0.4, 0.5) is 5.69 Å². The number of carbonyl (C=O) groups is 1. The van der Waals surface area contributed by atoms with Gasteiger partial charge in [0.05, 0.1) is 19.3 Å².